The molecule has 0 aliphatic rings. The summed E-state index contributed by atoms with van der Waals surface area (Å²) in [7, 11) is 1.34. The lowest BCUT2D eigenvalue weighted by Crippen LogP contribution is -2.54. The van der Waals surface area contributed by atoms with E-state index >= 15 is 0 Å². The molecule has 0 fully saturated rings. The lowest BCUT2D eigenvalue weighted by Gasteiger charge is -2.23. The van der Waals surface area contributed by atoms with Gasteiger partial charge in [-0.2, -0.15) is 11.8 Å². The number of thioether (sulfide) groups is 1. The SMILES string of the molecule is COC(=O)CCCCCNC(=O)[C@H](Cc1ccccc1)NC(=O)CNC(=O)[C@@H](CCSC)NC(=O)[C@@H](N)Cc1c(C)cc(OC(=O)OCC(C)C)c(C)c1C.Cl.O.O.O. The minimum atomic E-state index is -1.00. The smallest absolute Gasteiger partial charge is 0.469 e. The number of nitrogens with one attached hydrogen (secondary N) is 4. The van der Waals surface area contributed by atoms with Crippen molar-refractivity contribution < 1.29 is 59.4 Å². The molecule has 17 nitrogen and oxygen atoms in total. The van der Waals surface area contributed by atoms with Gasteiger partial charge in [0.2, 0.25) is 23.6 Å². The molecule has 0 bridgehead atoms. The number of hydrogen-bond acceptors (Lipinski definition) is 11. The predicted octanol–water partition coefficient (Wildman–Crippen LogP) is 1.53. The standard InChI is InChI=1S/C40H59N5O9S.ClH.3H2O/c1-25(2)24-53-40(51)54-34-20-26(3)30(27(4)28(34)5)22-31(41)37(48)45-32(17-19-55-7)38(49)43-23-35(46)44-33(21-29-14-10-8-11-15-29)39(50)42-18-13-9-12-16-36(47)52-6;;;;/h8,10-11,14-15,20,25,31-33H,9,12-13,16-19,21-24,41H2,1-7H3,(H,42,50)(H,43,49)(H,44,46)(H,45,48);1H;3*1H2/t31-,32+,33-;;;;/m0..../s1. The quantitative estimate of drug-likeness (QED) is 0.0606. The Labute approximate surface area is 357 Å². The van der Waals surface area contributed by atoms with E-state index in [1.54, 1.807) is 6.07 Å². The van der Waals surface area contributed by atoms with E-state index in [1.165, 1.54) is 18.9 Å². The van der Waals surface area contributed by atoms with Crippen LogP contribution in [-0.2, 0) is 46.3 Å². The van der Waals surface area contributed by atoms with Gasteiger partial charge in [0.15, 0.2) is 0 Å². The van der Waals surface area contributed by atoms with Crippen molar-refractivity contribution in [3.63, 3.8) is 0 Å². The number of methoxy groups -OCH3 is 1. The van der Waals surface area contributed by atoms with Gasteiger partial charge in [-0.25, -0.2) is 4.79 Å². The van der Waals surface area contributed by atoms with Crippen molar-refractivity contribution in [3.05, 3.63) is 64.2 Å². The molecule has 336 valence electrons. The second-order valence-corrected chi connectivity index (χ2v) is 14.8. The monoisotopic (exact) mass is 875 g/mol. The number of amides is 4. The number of hydrogen-bond donors (Lipinski definition) is 5. The van der Waals surface area contributed by atoms with Crippen LogP contribution in [0.1, 0.15) is 73.8 Å². The lowest BCUT2D eigenvalue weighted by molar-refractivity contribution is -0.140. The van der Waals surface area contributed by atoms with E-state index in [-0.39, 0.29) is 66.1 Å². The first-order valence-electron chi connectivity index (χ1n) is 18.6. The summed E-state index contributed by atoms with van der Waals surface area (Å²) in [5.41, 5.74) is 10.3. The molecule has 0 unspecified atom stereocenters. The van der Waals surface area contributed by atoms with Crippen molar-refractivity contribution in [1.82, 2.24) is 21.3 Å². The van der Waals surface area contributed by atoms with Crippen LogP contribution in [0.3, 0.4) is 0 Å². The summed E-state index contributed by atoms with van der Waals surface area (Å²) in [5.74, 6) is -1.25. The van der Waals surface area contributed by atoms with Crippen molar-refractivity contribution >= 4 is 59.9 Å². The fourth-order valence-electron chi connectivity index (χ4n) is 5.57. The normalized spacial score (nSPS) is 11.7. The second kappa shape index (κ2) is 31.5. The Kier molecular flexibility index (Phi) is 31.4. The van der Waals surface area contributed by atoms with Gasteiger partial charge in [-0.05, 0) is 98.3 Å². The molecule has 0 saturated heterocycles. The Morgan fingerprint density at radius 2 is 1.46 bits per heavy atom. The molecule has 0 spiro atoms. The highest BCUT2D eigenvalue weighted by molar-refractivity contribution is 7.98. The minimum absolute atomic E-state index is 0. The van der Waals surface area contributed by atoms with E-state index in [0.717, 1.165) is 28.7 Å². The van der Waals surface area contributed by atoms with E-state index in [1.807, 2.05) is 71.2 Å². The van der Waals surface area contributed by atoms with Crippen LogP contribution in [0.4, 0.5) is 4.79 Å². The molecule has 0 aromatic heterocycles. The van der Waals surface area contributed by atoms with Gasteiger partial charge in [0, 0.05) is 19.4 Å². The van der Waals surface area contributed by atoms with Gasteiger partial charge in [0.25, 0.3) is 0 Å². The highest BCUT2D eigenvalue weighted by Crippen LogP contribution is 2.29. The van der Waals surface area contributed by atoms with Crippen LogP contribution in [0.25, 0.3) is 0 Å². The number of benzene rings is 2. The maximum absolute atomic E-state index is 13.3. The largest absolute Gasteiger partial charge is 0.513 e. The van der Waals surface area contributed by atoms with E-state index in [2.05, 4.69) is 26.0 Å². The Bertz CT molecular complexity index is 1600. The van der Waals surface area contributed by atoms with Gasteiger partial charge in [-0.3, -0.25) is 24.0 Å². The zero-order valence-corrected chi connectivity index (χ0v) is 36.8. The van der Waals surface area contributed by atoms with Crippen molar-refractivity contribution in [1.29, 1.82) is 0 Å². The van der Waals surface area contributed by atoms with Gasteiger partial charge in [-0.1, -0.05) is 50.6 Å². The van der Waals surface area contributed by atoms with Crippen LogP contribution in [-0.4, -0.2) is 109 Å². The topological polar surface area (TPSA) is 299 Å². The Balaban J connectivity index is -0.00000784. The van der Waals surface area contributed by atoms with Crippen LogP contribution >= 0.6 is 24.2 Å². The maximum Gasteiger partial charge on any atom is 0.513 e. The number of rotatable bonds is 23. The van der Waals surface area contributed by atoms with E-state index in [4.69, 9.17) is 15.2 Å². The lowest BCUT2D eigenvalue weighted by atomic mass is 9.92. The number of nitrogens with two attached hydrogens (primary N) is 1. The molecule has 2 aromatic carbocycles. The van der Waals surface area contributed by atoms with Crippen molar-refractivity contribution in [2.75, 3.05) is 38.8 Å². The molecule has 4 amide bonds. The van der Waals surface area contributed by atoms with E-state index in [0.29, 0.717) is 49.3 Å². The summed E-state index contributed by atoms with van der Waals surface area (Å²) >= 11 is 1.50. The number of esters is 1. The summed E-state index contributed by atoms with van der Waals surface area (Å²) in [5, 5.41) is 10.9. The van der Waals surface area contributed by atoms with Crippen molar-refractivity contribution in [2.45, 2.75) is 97.7 Å². The zero-order valence-electron chi connectivity index (χ0n) is 35.1. The van der Waals surface area contributed by atoms with Crippen LogP contribution in [0.15, 0.2) is 36.4 Å². The highest BCUT2D eigenvalue weighted by Gasteiger charge is 2.27. The van der Waals surface area contributed by atoms with Gasteiger partial charge >= 0.3 is 12.1 Å². The van der Waals surface area contributed by atoms with Crippen LogP contribution < -0.4 is 31.7 Å². The van der Waals surface area contributed by atoms with Gasteiger partial charge < -0.3 is 57.6 Å². The number of unbranched alkanes of at least 4 members (excludes halogenated alkanes) is 2. The van der Waals surface area contributed by atoms with Crippen LogP contribution in [0.2, 0.25) is 0 Å². The Morgan fingerprint density at radius 1 is 0.814 bits per heavy atom. The molecule has 0 radical (unpaired) electrons. The first-order chi connectivity index (χ1) is 26.2. The summed E-state index contributed by atoms with van der Waals surface area (Å²) in [6, 6.07) is 8.09. The third kappa shape index (κ3) is 21.9. The second-order valence-electron chi connectivity index (χ2n) is 13.8. The molecular weight excluding hydrogens is 810 g/mol. The van der Waals surface area contributed by atoms with Crippen LogP contribution in [0, 0.1) is 26.7 Å². The molecule has 2 aromatic rings. The fourth-order valence-corrected chi connectivity index (χ4v) is 6.04. The van der Waals surface area contributed by atoms with Gasteiger partial charge in [0.05, 0.1) is 26.3 Å². The minimum Gasteiger partial charge on any atom is -0.469 e. The number of aryl methyl sites for hydroxylation is 1. The highest BCUT2D eigenvalue weighted by atomic mass is 35.5. The molecule has 0 aliphatic carbocycles. The Morgan fingerprint density at radius 3 is 2.07 bits per heavy atom. The zero-order chi connectivity index (χ0) is 40.9. The summed E-state index contributed by atoms with van der Waals surface area (Å²) in [4.78, 5) is 76.4. The van der Waals surface area contributed by atoms with E-state index < -0.39 is 48.5 Å². The predicted molar refractivity (Wildman–Crippen MR) is 231 cm³/mol. The molecule has 59 heavy (non-hydrogen) atoms. The third-order valence-corrected chi connectivity index (χ3v) is 9.53. The number of halogens is 1. The molecule has 3 atom stereocenters. The van der Waals surface area contributed by atoms with Gasteiger partial charge in [0.1, 0.15) is 17.8 Å². The molecule has 12 N–H and O–H groups in total. The summed E-state index contributed by atoms with van der Waals surface area (Å²) < 4.78 is 15.2. The molecule has 0 heterocycles. The summed E-state index contributed by atoms with van der Waals surface area (Å²) in [6.07, 6.45) is 4.09. The average molecular weight is 877 g/mol. The third-order valence-electron chi connectivity index (χ3n) is 8.88. The molecule has 2 rings (SSSR count). The fraction of sp³-hybridized carbons (Fsp3) is 0.550. The molecule has 0 aliphatic heterocycles. The number of ether oxygens (including phenoxy) is 3. The molecule has 19 heteroatoms. The maximum atomic E-state index is 13.3. The van der Waals surface area contributed by atoms with Crippen LogP contribution in [0.5, 0.6) is 5.75 Å². The summed E-state index contributed by atoms with van der Waals surface area (Å²) in [6.45, 7) is 9.53. The molecular formula is C40H66ClN5O12S. The Hall–Kier alpha value is -4.46. The first kappa shape index (κ1) is 58.9. The van der Waals surface area contributed by atoms with E-state index in [9.17, 15) is 28.8 Å². The van der Waals surface area contributed by atoms with Gasteiger partial charge in [-0.15, -0.1) is 12.4 Å². The average Bonchev–Trinajstić information content (AvgIpc) is 3.16. The molecule has 0 saturated carbocycles. The first-order valence-corrected chi connectivity index (χ1v) is 20.0. The van der Waals surface area contributed by atoms with Crippen molar-refractivity contribution in [2.24, 2.45) is 11.7 Å². The van der Waals surface area contributed by atoms with Crippen molar-refractivity contribution in [3.8, 4) is 5.75 Å². The number of carbonyl (C=O) groups excluding carboxylic acids is 6. The number of carbonyl (C=O) groups is 6.